The first-order chi connectivity index (χ1) is 11.0. The molecule has 9 heteroatoms. The average molecular weight is 323 g/mol. The molecule has 2 aliphatic heterocycles. The first kappa shape index (κ1) is 15.5. The number of nitro groups is 1. The van der Waals surface area contributed by atoms with Crippen LogP contribution in [-0.4, -0.2) is 55.1 Å². The number of hydrogen-bond acceptors (Lipinski definition) is 6. The van der Waals surface area contributed by atoms with Gasteiger partial charge in [-0.1, -0.05) is 0 Å². The number of amides is 2. The second kappa shape index (κ2) is 6.01. The molecule has 2 aliphatic rings. The molecule has 1 spiro atoms. The lowest BCUT2D eigenvalue weighted by Crippen LogP contribution is -2.38. The summed E-state index contributed by atoms with van der Waals surface area (Å²) in [6, 6.07) is 3.85. The molecule has 0 radical (unpaired) electrons. The van der Waals surface area contributed by atoms with E-state index in [1.54, 1.807) is 6.07 Å². The predicted molar refractivity (Wildman–Crippen MR) is 79.5 cm³/mol. The molecule has 9 nitrogen and oxygen atoms in total. The fourth-order valence-electron chi connectivity index (χ4n) is 2.75. The van der Waals surface area contributed by atoms with E-state index in [4.69, 9.17) is 14.2 Å². The summed E-state index contributed by atoms with van der Waals surface area (Å²) in [4.78, 5) is 24.4. The summed E-state index contributed by atoms with van der Waals surface area (Å²) in [5.41, 5.74) is -0.102. The number of rotatable bonds is 3. The van der Waals surface area contributed by atoms with Gasteiger partial charge >= 0.3 is 6.03 Å². The van der Waals surface area contributed by atoms with E-state index >= 15 is 0 Å². The number of likely N-dealkylation sites (tertiary alicyclic amines) is 1. The third-order valence-corrected chi connectivity index (χ3v) is 3.94. The summed E-state index contributed by atoms with van der Waals surface area (Å²) in [6.07, 6.45) is 0.588. The quantitative estimate of drug-likeness (QED) is 0.669. The first-order valence-corrected chi connectivity index (χ1v) is 7.19. The molecular formula is C14H17N3O6. The number of nitrogens with one attached hydrogen (secondary N) is 1. The highest BCUT2D eigenvalue weighted by molar-refractivity contribution is 5.92. The van der Waals surface area contributed by atoms with Gasteiger partial charge in [0.05, 0.1) is 37.9 Å². The Balaban J connectivity index is 1.72. The van der Waals surface area contributed by atoms with Gasteiger partial charge in [-0.05, 0) is 12.1 Å². The maximum absolute atomic E-state index is 12.3. The fraction of sp³-hybridized carbons (Fsp3) is 0.500. The molecule has 1 N–H and O–H groups in total. The molecule has 2 saturated heterocycles. The van der Waals surface area contributed by atoms with Crippen molar-refractivity contribution < 1.29 is 23.9 Å². The minimum Gasteiger partial charge on any atom is -0.496 e. The smallest absolute Gasteiger partial charge is 0.322 e. The number of ether oxygens (including phenoxy) is 3. The molecule has 1 aromatic carbocycles. The van der Waals surface area contributed by atoms with Gasteiger partial charge < -0.3 is 24.4 Å². The van der Waals surface area contributed by atoms with Crippen molar-refractivity contribution >= 4 is 17.4 Å². The molecule has 0 aromatic heterocycles. The van der Waals surface area contributed by atoms with Gasteiger partial charge in [0, 0.05) is 13.0 Å². The maximum Gasteiger partial charge on any atom is 0.322 e. The number of nitrogens with zero attached hydrogens (tertiary/aromatic N) is 2. The van der Waals surface area contributed by atoms with Crippen LogP contribution in [0.25, 0.3) is 0 Å². The van der Waals surface area contributed by atoms with Crippen LogP contribution in [0.1, 0.15) is 6.42 Å². The molecule has 23 heavy (non-hydrogen) atoms. The highest BCUT2D eigenvalue weighted by Gasteiger charge is 2.45. The average Bonchev–Trinajstić information content (AvgIpc) is 3.18. The zero-order valence-electron chi connectivity index (χ0n) is 12.6. The number of hydrogen-bond donors (Lipinski definition) is 1. The molecule has 0 unspecified atom stereocenters. The molecule has 0 atom stereocenters. The van der Waals surface area contributed by atoms with E-state index < -0.39 is 16.7 Å². The molecule has 3 rings (SSSR count). The van der Waals surface area contributed by atoms with Gasteiger partial charge in [0.25, 0.3) is 5.69 Å². The number of carbonyl (C=O) groups excluding carboxylic acids is 1. The molecule has 2 fully saturated rings. The number of methoxy groups -OCH3 is 1. The van der Waals surface area contributed by atoms with E-state index in [9.17, 15) is 14.9 Å². The molecule has 1 aromatic rings. The third-order valence-electron chi connectivity index (χ3n) is 3.94. The van der Waals surface area contributed by atoms with E-state index in [0.29, 0.717) is 38.5 Å². The SMILES string of the molecule is COc1ccc(NC(=O)N2CCC3(C2)OCCO3)c([N+](=O)[O-])c1. The van der Waals surface area contributed by atoms with Crippen LogP contribution in [0, 0.1) is 10.1 Å². The lowest BCUT2D eigenvalue weighted by molar-refractivity contribution is -0.384. The number of anilines is 1. The third kappa shape index (κ3) is 3.06. The Kier molecular flexibility index (Phi) is 4.05. The Bertz CT molecular complexity index is 629. The van der Waals surface area contributed by atoms with Crippen molar-refractivity contribution in [3.05, 3.63) is 28.3 Å². The molecule has 0 aliphatic carbocycles. The topological polar surface area (TPSA) is 103 Å². The Labute approximate surface area is 132 Å². The summed E-state index contributed by atoms with van der Waals surface area (Å²) in [5, 5.41) is 13.7. The minimum absolute atomic E-state index is 0.120. The Hall–Kier alpha value is -2.39. The summed E-state index contributed by atoms with van der Waals surface area (Å²) in [6.45, 7) is 1.80. The highest BCUT2D eigenvalue weighted by Crippen LogP contribution is 2.32. The van der Waals surface area contributed by atoms with Crippen LogP contribution in [0.15, 0.2) is 18.2 Å². The van der Waals surface area contributed by atoms with Crippen molar-refractivity contribution in [2.75, 3.05) is 38.7 Å². The van der Waals surface area contributed by atoms with Crippen molar-refractivity contribution in [1.82, 2.24) is 4.90 Å². The summed E-state index contributed by atoms with van der Waals surface area (Å²) >= 11 is 0. The molecular weight excluding hydrogens is 306 g/mol. The van der Waals surface area contributed by atoms with Crippen molar-refractivity contribution in [3.63, 3.8) is 0 Å². The second-order valence-corrected chi connectivity index (χ2v) is 5.35. The molecule has 2 heterocycles. The minimum atomic E-state index is -0.719. The molecule has 2 amide bonds. The van der Waals surface area contributed by atoms with Crippen molar-refractivity contribution in [2.24, 2.45) is 0 Å². The Morgan fingerprint density at radius 2 is 2.17 bits per heavy atom. The van der Waals surface area contributed by atoms with Crippen LogP contribution in [0.2, 0.25) is 0 Å². The Morgan fingerprint density at radius 1 is 1.43 bits per heavy atom. The predicted octanol–water partition coefficient (Wildman–Crippen LogP) is 1.58. The van der Waals surface area contributed by atoms with Crippen molar-refractivity contribution in [2.45, 2.75) is 12.2 Å². The number of nitro benzene ring substituents is 1. The standard InChI is InChI=1S/C14H17N3O6/c1-21-10-2-3-11(12(8-10)17(19)20)15-13(18)16-5-4-14(9-16)22-6-7-23-14/h2-3,8H,4-7,9H2,1H3,(H,15,18). The first-order valence-electron chi connectivity index (χ1n) is 7.19. The van der Waals surface area contributed by atoms with Gasteiger partial charge in [0.15, 0.2) is 5.79 Å². The van der Waals surface area contributed by atoms with E-state index in [2.05, 4.69) is 5.32 Å². The van der Waals surface area contributed by atoms with Crippen molar-refractivity contribution in [3.8, 4) is 5.75 Å². The highest BCUT2D eigenvalue weighted by atomic mass is 16.7. The number of benzene rings is 1. The summed E-state index contributed by atoms with van der Waals surface area (Å²) in [7, 11) is 1.42. The van der Waals surface area contributed by atoms with Gasteiger partial charge in [-0.2, -0.15) is 0 Å². The van der Waals surface area contributed by atoms with Gasteiger partial charge in [0.1, 0.15) is 11.4 Å². The van der Waals surface area contributed by atoms with E-state index in [1.165, 1.54) is 24.1 Å². The van der Waals surface area contributed by atoms with Crippen LogP contribution >= 0.6 is 0 Å². The molecule has 0 saturated carbocycles. The second-order valence-electron chi connectivity index (χ2n) is 5.35. The number of carbonyl (C=O) groups is 1. The van der Waals surface area contributed by atoms with Crippen LogP contribution < -0.4 is 10.1 Å². The van der Waals surface area contributed by atoms with E-state index in [-0.39, 0.29) is 11.4 Å². The zero-order valence-corrected chi connectivity index (χ0v) is 12.6. The maximum atomic E-state index is 12.3. The van der Waals surface area contributed by atoms with Crippen molar-refractivity contribution in [1.29, 1.82) is 0 Å². The van der Waals surface area contributed by atoms with Gasteiger partial charge in [-0.3, -0.25) is 10.1 Å². The normalized spacial score (nSPS) is 19.1. The van der Waals surface area contributed by atoms with Crippen LogP contribution in [0.4, 0.5) is 16.2 Å². The van der Waals surface area contributed by atoms with Crippen LogP contribution in [-0.2, 0) is 9.47 Å². The largest absolute Gasteiger partial charge is 0.496 e. The number of urea groups is 1. The Morgan fingerprint density at radius 3 is 2.83 bits per heavy atom. The van der Waals surface area contributed by atoms with Crippen LogP contribution in [0.3, 0.4) is 0 Å². The van der Waals surface area contributed by atoms with Crippen LogP contribution in [0.5, 0.6) is 5.75 Å². The molecule has 0 bridgehead atoms. The lowest BCUT2D eigenvalue weighted by atomic mass is 10.2. The van der Waals surface area contributed by atoms with E-state index in [1.807, 2.05) is 0 Å². The van der Waals surface area contributed by atoms with Gasteiger partial charge in [0.2, 0.25) is 0 Å². The summed E-state index contributed by atoms with van der Waals surface area (Å²) in [5.74, 6) is -0.369. The zero-order chi connectivity index (χ0) is 16.4. The molecule has 124 valence electrons. The fourth-order valence-corrected chi connectivity index (χ4v) is 2.75. The monoisotopic (exact) mass is 323 g/mol. The summed E-state index contributed by atoms with van der Waals surface area (Å²) < 4.78 is 16.1. The van der Waals surface area contributed by atoms with Gasteiger partial charge in [-0.25, -0.2) is 4.79 Å². The van der Waals surface area contributed by atoms with E-state index in [0.717, 1.165) is 0 Å². The van der Waals surface area contributed by atoms with Gasteiger partial charge in [-0.15, -0.1) is 0 Å². The lowest BCUT2D eigenvalue weighted by Gasteiger charge is -2.22.